The molecular formula is C23H22BrN3O. The minimum Gasteiger partial charge on any atom is -0.505 e. The highest BCUT2D eigenvalue weighted by atomic mass is 79.9. The van der Waals surface area contributed by atoms with E-state index in [-0.39, 0.29) is 0 Å². The molecule has 0 atom stereocenters. The van der Waals surface area contributed by atoms with Gasteiger partial charge in [-0.2, -0.15) is 0 Å². The van der Waals surface area contributed by atoms with Crippen LogP contribution in [0.1, 0.15) is 24.0 Å². The Hall–Kier alpha value is -2.37. The van der Waals surface area contributed by atoms with Gasteiger partial charge >= 0.3 is 0 Å². The maximum absolute atomic E-state index is 10.9. The Balaban J connectivity index is 1.60. The standard InChI is InChI=1S/C23H22BrN3O/c24-19-6-5-16-7-11-27(21(16)13-19)15-17-12-18(14-26-9-1-2-10-26)23(28)22-20(17)4-3-8-25-22/h3-8,11-13,28H,1-2,9-10,14-15H2. The summed E-state index contributed by atoms with van der Waals surface area (Å²) in [5, 5.41) is 13.1. The van der Waals surface area contributed by atoms with Gasteiger partial charge in [-0.25, -0.2) is 0 Å². The van der Waals surface area contributed by atoms with Crippen molar-refractivity contribution in [2.45, 2.75) is 25.9 Å². The first-order chi connectivity index (χ1) is 13.7. The summed E-state index contributed by atoms with van der Waals surface area (Å²) < 4.78 is 3.34. The van der Waals surface area contributed by atoms with E-state index in [1.165, 1.54) is 29.3 Å². The molecule has 0 bridgehead atoms. The van der Waals surface area contributed by atoms with E-state index in [1.807, 2.05) is 6.07 Å². The van der Waals surface area contributed by atoms with Crippen LogP contribution in [0, 0.1) is 0 Å². The van der Waals surface area contributed by atoms with Crippen molar-refractivity contribution < 1.29 is 5.11 Å². The molecule has 0 unspecified atom stereocenters. The van der Waals surface area contributed by atoms with Crippen LogP contribution < -0.4 is 0 Å². The zero-order chi connectivity index (χ0) is 19.1. The molecule has 0 amide bonds. The van der Waals surface area contributed by atoms with Crippen LogP contribution in [0.4, 0.5) is 0 Å². The predicted molar refractivity (Wildman–Crippen MR) is 117 cm³/mol. The molecule has 0 saturated carbocycles. The van der Waals surface area contributed by atoms with E-state index >= 15 is 0 Å². The van der Waals surface area contributed by atoms with Crippen molar-refractivity contribution in [2.24, 2.45) is 0 Å². The second kappa shape index (κ2) is 7.22. The van der Waals surface area contributed by atoms with Gasteiger partial charge in [-0.15, -0.1) is 0 Å². The topological polar surface area (TPSA) is 41.3 Å². The molecule has 3 heterocycles. The fourth-order valence-electron chi connectivity index (χ4n) is 4.27. The number of benzene rings is 2. The molecule has 0 radical (unpaired) electrons. The number of aromatic hydroxyl groups is 1. The zero-order valence-corrected chi connectivity index (χ0v) is 17.2. The Morgan fingerprint density at radius 2 is 1.86 bits per heavy atom. The van der Waals surface area contributed by atoms with Crippen molar-refractivity contribution in [1.82, 2.24) is 14.5 Å². The molecule has 2 aromatic heterocycles. The van der Waals surface area contributed by atoms with E-state index in [0.29, 0.717) is 11.3 Å². The molecule has 0 aliphatic carbocycles. The average molecular weight is 436 g/mol. The summed E-state index contributed by atoms with van der Waals surface area (Å²) >= 11 is 3.58. The van der Waals surface area contributed by atoms with Crippen molar-refractivity contribution in [1.29, 1.82) is 0 Å². The number of nitrogens with zero attached hydrogens (tertiary/aromatic N) is 3. The number of pyridine rings is 1. The molecule has 28 heavy (non-hydrogen) atoms. The van der Waals surface area contributed by atoms with Crippen molar-refractivity contribution in [2.75, 3.05) is 13.1 Å². The van der Waals surface area contributed by atoms with Gasteiger partial charge in [-0.05, 0) is 67.2 Å². The molecule has 1 aliphatic rings. The first-order valence-electron chi connectivity index (χ1n) is 9.74. The van der Waals surface area contributed by atoms with Crippen LogP contribution in [-0.2, 0) is 13.1 Å². The first-order valence-corrected chi connectivity index (χ1v) is 10.5. The van der Waals surface area contributed by atoms with Crippen LogP contribution in [0.2, 0.25) is 0 Å². The van der Waals surface area contributed by atoms with Crippen molar-refractivity contribution in [3.05, 3.63) is 70.5 Å². The smallest absolute Gasteiger partial charge is 0.146 e. The molecule has 0 spiro atoms. The maximum atomic E-state index is 10.9. The van der Waals surface area contributed by atoms with E-state index in [2.05, 4.69) is 73.0 Å². The Bertz CT molecular complexity index is 1160. The quantitative estimate of drug-likeness (QED) is 0.472. The van der Waals surface area contributed by atoms with E-state index in [9.17, 15) is 5.11 Å². The highest BCUT2D eigenvalue weighted by Crippen LogP contribution is 2.33. The molecule has 5 heteroatoms. The molecule has 2 aromatic carbocycles. The molecule has 1 aliphatic heterocycles. The largest absolute Gasteiger partial charge is 0.505 e. The summed E-state index contributed by atoms with van der Waals surface area (Å²) in [7, 11) is 0. The average Bonchev–Trinajstić information content (AvgIpc) is 3.35. The number of hydrogen-bond acceptors (Lipinski definition) is 3. The summed E-state index contributed by atoms with van der Waals surface area (Å²) in [6.45, 7) is 3.73. The number of phenols is 1. The SMILES string of the molecule is Oc1c(CN2CCCC2)cc(Cn2ccc3ccc(Br)cc32)c2cccnc12. The second-order valence-corrected chi connectivity index (χ2v) is 8.49. The second-order valence-electron chi connectivity index (χ2n) is 7.57. The van der Waals surface area contributed by atoms with Gasteiger partial charge in [0.1, 0.15) is 11.3 Å². The number of aromatic nitrogens is 2. The number of rotatable bonds is 4. The van der Waals surface area contributed by atoms with Crippen molar-refractivity contribution in [3.63, 3.8) is 0 Å². The van der Waals surface area contributed by atoms with Gasteiger partial charge in [0, 0.05) is 46.4 Å². The monoisotopic (exact) mass is 435 g/mol. The highest BCUT2D eigenvalue weighted by Gasteiger charge is 2.18. The minimum atomic E-state index is 0.325. The van der Waals surface area contributed by atoms with Crippen LogP contribution in [0.3, 0.4) is 0 Å². The summed E-state index contributed by atoms with van der Waals surface area (Å²) in [6.07, 6.45) is 6.37. The summed E-state index contributed by atoms with van der Waals surface area (Å²) in [6, 6.07) is 14.7. The van der Waals surface area contributed by atoms with Gasteiger partial charge in [-0.3, -0.25) is 9.88 Å². The molecular weight excluding hydrogens is 414 g/mol. The summed E-state index contributed by atoms with van der Waals surface area (Å²) in [5.41, 5.74) is 4.06. The Labute approximate surface area is 172 Å². The molecule has 5 rings (SSSR count). The van der Waals surface area contributed by atoms with Gasteiger partial charge in [0.05, 0.1) is 0 Å². The predicted octanol–water partition coefficient (Wildman–Crippen LogP) is 5.30. The van der Waals surface area contributed by atoms with E-state index in [1.54, 1.807) is 6.20 Å². The van der Waals surface area contributed by atoms with Crippen LogP contribution in [0.25, 0.3) is 21.8 Å². The maximum Gasteiger partial charge on any atom is 0.146 e. The first kappa shape index (κ1) is 17.7. The Morgan fingerprint density at radius 3 is 2.71 bits per heavy atom. The Morgan fingerprint density at radius 1 is 1.00 bits per heavy atom. The lowest BCUT2D eigenvalue weighted by Gasteiger charge is -2.18. The van der Waals surface area contributed by atoms with Gasteiger partial charge in [0.2, 0.25) is 0 Å². The lowest BCUT2D eigenvalue weighted by Crippen LogP contribution is -2.18. The van der Waals surface area contributed by atoms with Crippen LogP contribution in [0.15, 0.2) is 59.3 Å². The van der Waals surface area contributed by atoms with E-state index in [4.69, 9.17) is 0 Å². The lowest BCUT2D eigenvalue weighted by molar-refractivity contribution is 0.324. The summed E-state index contributed by atoms with van der Waals surface area (Å²) in [5.74, 6) is 0.325. The van der Waals surface area contributed by atoms with Crippen molar-refractivity contribution >= 4 is 37.7 Å². The number of halogens is 1. The highest BCUT2D eigenvalue weighted by molar-refractivity contribution is 9.10. The van der Waals surface area contributed by atoms with Crippen LogP contribution in [0.5, 0.6) is 5.75 Å². The van der Waals surface area contributed by atoms with Crippen molar-refractivity contribution in [3.8, 4) is 5.75 Å². The molecule has 142 valence electrons. The summed E-state index contributed by atoms with van der Waals surface area (Å²) in [4.78, 5) is 6.91. The normalized spacial score (nSPS) is 15.0. The Kier molecular flexibility index (Phi) is 4.57. The molecule has 1 fully saturated rings. The van der Waals surface area contributed by atoms with Crippen LogP contribution >= 0.6 is 15.9 Å². The third-order valence-electron chi connectivity index (χ3n) is 5.70. The fourth-order valence-corrected chi connectivity index (χ4v) is 4.62. The molecule has 1 saturated heterocycles. The third-order valence-corrected chi connectivity index (χ3v) is 6.19. The van der Waals surface area contributed by atoms with Crippen LogP contribution in [-0.4, -0.2) is 32.6 Å². The van der Waals surface area contributed by atoms with Gasteiger partial charge in [-0.1, -0.05) is 28.1 Å². The van der Waals surface area contributed by atoms with Gasteiger partial charge in [0.15, 0.2) is 0 Å². The molecule has 4 aromatic rings. The van der Waals surface area contributed by atoms with E-state index < -0.39 is 0 Å². The number of hydrogen-bond donors (Lipinski definition) is 1. The molecule has 4 nitrogen and oxygen atoms in total. The lowest BCUT2D eigenvalue weighted by atomic mass is 10.0. The number of phenolic OH excluding ortho intramolecular Hbond substituents is 1. The van der Waals surface area contributed by atoms with Gasteiger partial charge in [0.25, 0.3) is 0 Å². The van der Waals surface area contributed by atoms with E-state index in [0.717, 1.165) is 41.6 Å². The number of fused-ring (bicyclic) bond motifs is 2. The van der Waals surface area contributed by atoms with Gasteiger partial charge < -0.3 is 9.67 Å². The fraction of sp³-hybridized carbons (Fsp3) is 0.261. The zero-order valence-electron chi connectivity index (χ0n) is 15.6. The number of likely N-dealkylation sites (tertiary alicyclic amines) is 1. The minimum absolute atomic E-state index is 0.325. The third kappa shape index (κ3) is 3.19. The molecule has 1 N–H and O–H groups in total.